The largest absolute Gasteiger partial charge is 0.377 e. The van der Waals surface area contributed by atoms with Gasteiger partial charge in [-0.25, -0.2) is 9.97 Å². The first-order valence-corrected chi connectivity index (χ1v) is 7.41. The molecule has 0 spiro atoms. The Morgan fingerprint density at radius 1 is 1.19 bits per heavy atom. The van der Waals surface area contributed by atoms with Gasteiger partial charge in [0.2, 0.25) is 0 Å². The maximum atomic E-state index is 5.14. The van der Waals surface area contributed by atoms with Gasteiger partial charge in [-0.1, -0.05) is 6.92 Å². The molecule has 6 heteroatoms. The van der Waals surface area contributed by atoms with Crippen LogP contribution in [-0.4, -0.2) is 54.7 Å². The van der Waals surface area contributed by atoms with Crippen LogP contribution in [0.25, 0.3) is 0 Å². The summed E-state index contributed by atoms with van der Waals surface area (Å²) in [6, 6.07) is 1.94. The second-order valence-electron chi connectivity index (χ2n) is 5.97. The minimum Gasteiger partial charge on any atom is -0.377 e. The fourth-order valence-corrected chi connectivity index (χ4v) is 1.59. The molecule has 0 radical (unpaired) electrons. The van der Waals surface area contributed by atoms with Crippen molar-refractivity contribution in [3.8, 4) is 0 Å². The third-order valence-corrected chi connectivity index (χ3v) is 3.51. The van der Waals surface area contributed by atoms with Gasteiger partial charge in [0.15, 0.2) is 5.82 Å². The zero-order valence-electron chi connectivity index (χ0n) is 14.2. The van der Waals surface area contributed by atoms with Crippen molar-refractivity contribution in [1.29, 1.82) is 0 Å². The van der Waals surface area contributed by atoms with Crippen molar-refractivity contribution in [2.45, 2.75) is 39.3 Å². The normalized spacial score (nSPS) is 11.8. The molecular formula is C15H29N5O. The topological polar surface area (TPSA) is 62.3 Å². The van der Waals surface area contributed by atoms with Gasteiger partial charge in [-0.2, -0.15) is 0 Å². The van der Waals surface area contributed by atoms with Gasteiger partial charge in [0.1, 0.15) is 18.2 Å². The van der Waals surface area contributed by atoms with Crippen molar-refractivity contribution in [2.24, 2.45) is 0 Å². The molecule has 0 fully saturated rings. The molecule has 0 aliphatic rings. The molecule has 2 N–H and O–H groups in total. The van der Waals surface area contributed by atoms with E-state index >= 15 is 0 Å². The Kier molecular flexibility index (Phi) is 6.84. The molecule has 0 atom stereocenters. The van der Waals surface area contributed by atoms with Crippen LogP contribution >= 0.6 is 0 Å². The quantitative estimate of drug-likeness (QED) is 0.728. The fourth-order valence-electron chi connectivity index (χ4n) is 1.59. The molecule has 0 saturated heterocycles. The van der Waals surface area contributed by atoms with Crippen molar-refractivity contribution in [3.63, 3.8) is 0 Å². The highest BCUT2D eigenvalue weighted by Gasteiger charge is 2.20. The standard InChI is InChI=1S/C15H29N5O/c1-7-8-16-12-9-13(19-14(18-12)10-21-6)17-11-15(2,3)20(4)5/h9H,7-8,10-11H2,1-6H3,(H2,16,17,18,19). The lowest BCUT2D eigenvalue weighted by molar-refractivity contribution is 0.178. The van der Waals surface area contributed by atoms with Crippen LogP contribution in [0.15, 0.2) is 6.07 Å². The average Bonchev–Trinajstić information content (AvgIpc) is 2.43. The Hall–Kier alpha value is -1.40. The molecule has 0 unspecified atom stereocenters. The van der Waals surface area contributed by atoms with E-state index in [0.29, 0.717) is 12.4 Å². The van der Waals surface area contributed by atoms with E-state index in [4.69, 9.17) is 4.74 Å². The summed E-state index contributed by atoms with van der Waals surface area (Å²) in [6.07, 6.45) is 1.06. The number of methoxy groups -OCH3 is 1. The SMILES string of the molecule is CCCNc1cc(NCC(C)(C)N(C)C)nc(COC)n1. The van der Waals surface area contributed by atoms with Crippen molar-refractivity contribution in [2.75, 3.05) is 44.9 Å². The summed E-state index contributed by atoms with van der Waals surface area (Å²) in [5, 5.41) is 6.69. The average molecular weight is 295 g/mol. The smallest absolute Gasteiger partial charge is 0.158 e. The number of aromatic nitrogens is 2. The number of nitrogens with zero attached hydrogens (tertiary/aromatic N) is 3. The van der Waals surface area contributed by atoms with Gasteiger partial charge >= 0.3 is 0 Å². The van der Waals surface area contributed by atoms with Gasteiger partial charge < -0.3 is 20.3 Å². The van der Waals surface area contributed by atoms with Gasteiger partial charge in [-0.3, -0.25) is 0 Å². The maximum absolute atomic E-state index is 5.14. The predicted molar refractivity (Wildman–Crippen MR) is 87.8 cm³/mol. The summed E-state index contributed by atoms with van der Waals surface area (Å²) >= 11 is 0. The number of hydrogen-bond acceptors (Lipinski definition) is 6. The second kappa shape index (κ2) is 8.14. The van der Waals surface area contributed by atoms with Crippen LogP contribution in [0.4, 0.5) is 11.6 Å². The van der Waals surface area contributed by atoms with Crippen LogP contribution in [0.5, 0.6) is 0 Å². The summed E-state index contributed by atoms with van der Waals surface area (Å²) in [4.78, 5) is 11.1. The molecule has 0 aliphatic carbocycles. The number of rotatable bonds is 9. The molecule has 1 aromatic rings. The van der Waals surface area contributed by atoms with Gasteiger partial charge in [0.05, 0.1) is 0 Å². The number of likely N-dealkylation sites (N-methyl/N-ethyl adjacent to an activating group) is 1. The summed E-state index contributed by atoms with van der Waals surface area (Å²) in [7, 11) is 5.80. The maximum Gasteiger partial charge on any atom is 0.158 e. The van der Waals surface area contributed by atoms with E-state index < -0.39 is 0 Å². The Morgan fingerprint density at radius 3 is 2.33 bits per heavy atom. The molecule has 1 rings (SSSR count). The van der Waals surface area contributed by atoms with Crippen molar-refractivity contribution < 1.29 is 4.74 Å². The number of hydrogen-bond donors (Lipinski definition) is 2. The molecule has 0 bridgehead atoms. The minimum absolute atomic E-state index is 0.0450. The molecule has 0 amide bonds. The molecular weight excluding hydrogens is 266 g/mol. The summed E-state index contributed by atoms with van der Waals surface area (Å²) in [6.45, 7) is 8.61. The zero-order chi connectivity index (χ0) is 15.9. The number of anilines is 2. The second-order valence-corrected chi connectivity index (χ2v) is 5.97. The van der Waals surface area contributed by atoms with Crippen LogP contribution in [0, 0.1) is 0 Å². The van der Waals surface area contributed by atoms with Crippen LogP contribution in [0.3, 0.4) is 0 Å². The lowest BCUT2D eigenvalue weighted by atomic mass is 10.0. The molecule has 1 aromatic heterocycles. The zero-order valence-corrected chi connectivity index (χ0v) is 14.2. The highest BCUT2D eigenvalue weighted by Crippen LogP contribution is 2.15. The fraction of sp³-hybridized carbons (Fsp3) is 0.733. The van der Waals surface area contributed by atoms with Crippen molar-refractivity contribution >= 4 is 11.6 Å². The van der Waals surface area contributed by atoms with Gasteiger partial charge in [0, 0.05) is 31.8 Å². The third kappa shape index (κ3) is 5.85. The molecule has 1 heterocycles. The van der Waals surface area contributed by atoms with Crippen LogP contribution in [-0.2, 0) is 11.3 Å². The highest BCUT2D eigenvalue weighted by molar-refractivity contribution is 5.47. The Balaban J connectivity index is 2.82. The minimum atomic E-state index is 0.0450. The monoisotopic (exact) mass is 295 g/mol. The van der Waals surface area contributed by atoms with E-state index in [9.17, 15) is 0 Å². The highest BCUT2D eigenvalue weighted by atomic mass is 16.5. The van der Waals surface area contributed by atoms with Gasteiger partial charge in [-0.05, 0) is 34.4 Å². The van der Waals surface area contributed by atoms with Crippen molar-refractivity contribution in [1.82, 2.24) is 14.9 Å². The summed E-state index contributed by atoms with van der Waals surface area (Å²) in [5.74, 6) is 2.35. The molecule has 6 nitrogen and oxygen atoms in total. The Morgan fingerprint density at radius 2 is 1.81 bits per heavy atom. The van der Waals surface area contributed by atoms with E-state index in [1.807, 2.05) is 6.07 Å². The lowest BCUT2D eigenvalue weighted by Crippen LogP contribution is -2.44. The van der Waals surface area contributed by atoms with Crippen LogP contribution in [0.1, 0.15) is 33.0 Å². The Labute approximate surface area is 128 Å². The van der Waals surface area contributed by atoms with Gasteiger partial charge in [-0.15, -0.1) is 0 Å². The first-order valence-electron chi connectivity index (χ1n) is 7.41. The summed E-state index contributed by atoms with van der Waals surface area (Å²) < 4.78 is 5.14. The van der Waals surface area contributed by atoms with E-state index in [1.54, 1.807) is 7.11 Å². The molecule has 0 saturated carbocycles. The predicted octanol–water partition coefficient (Wildman–Crippen LogP) is 2.20. The molecule has 0 aliphatic heterocycles. The van der Waals surface area contributed by atoms with Gasteiger partial charge in [0.25, 0.3) is 0 Å². The molecule has 21 heavy (non-hydrogen) atoms. The third-order valence-electron chi connectivity index (χ3n) is 3.51. The molecule has 0 aromatic carbocycles. The van der Waals surface area contributed by atoms with E-state index in [-0.39, 0.29) is 5.54 Å². The first-order chi connectivity index (χ1) is 9.89. The lowest BCUT2D eigenvalue weighted by Gasteiger charge is -2.32. The van der Waals surface area contributed by atoms with E-state index in [2.05, 4.69) is 60.4 Å². The van der Waals surface area contributed by atoms with E-state index in [1.165, 1.54) is 0 Å². The number of nitrogens with one attached hydrogen (secondary N) is 2. The summed E-state index contributed by atoms with van der Waals surface area (Å²) in [5.41, 5.74) is 0.0450. The Bertz CT molecular complexity index is 434. The van der Waals surface area contributed by atoms with Crippen LogP contribution in [0.2, 0.25) is 0 Å². The number of ether oxygens (including phenoxy) is 1. The van der Waals surface area contributed by atoms with Crippen LogP contribution < -0.4 is 10.6 Å². The molecule has 120 valence electrons. The van der Waals surface area contributed by atoms with E-state index in [0.717, 1.165) is 31.1 Å². The van der Waals surface area contributed by atoms with Crippen molar-refractivity contribution in [3.05, 3.63) is 11.9 Å². The first kappa shape index (κ1) is 17.7.